The lowest BCUT2D eigenvalue weighted by Crippen LogP contribution is -2.60. The van der Waals surface area contributed by atoms with Gasteiger partial charge in [0, 0.05) is 6.04 Å². The van der Waals surface area contributed by atoms with Crippen molar-refractivity contribution in [1.82, 2.24) is 4.90 Å². The molecular weight excluding hydrogens is 250 g/mol. The monoisotopic (exact) mass is 271 g/mol. The van der Waals surface area contributed by atoms with Crippen LogP contribution < -0.4 is 5.73 Å². The van der Waals surface area contributed by atoms with Gasteiger partial charge < -0.3 is 10.6 Å². The first kappa shape index (κ1) is 12.3. The van der Waals surface area contributed by atoms with Crippen LogP contribution in [-0.2, 0) is 9.84 Å². The molecule has 0 amide bonds. The molecule has 3 aliphatic rings. The van der Waals surface area contributed by atoms with Gasteiger partial charge in [-0.25, -0.2) is 8.42 Å². The zero-order valence-electron chi connectivity index (χ0n) is 10.6. The Hall–Kier alpha value is -0.780. The van der Waals surface area contributed by atoms with Crippen LogP contribution in [0.2, 0.25) is 0 Å². The van der Waals surface area contributed by atoms with Crippen molar-refractivity contribution in [2.24, 2.45) is 10.7 Å². The third-order valence-electron chi connectivity index (χ3n) is 4.57. The number of nitrogens with zero attached hydrogens (tertiary/aromatic N) is 2. The van der Waals surface area contributed by atoms with E-state index < -0.39 is 9.84 Å². The molecule has 0 aromatic heterocycles. The Bertz CT molecular complexity index is 468. The summed E-state index contributed by atoms with van der Waals surface area (Å²) in [6, 6.07) is 0.407. The molecule has 6 heteroatoms. The van der Waals surface area contributed by atoms with E-state index in [0.29, 0.717) is 24.3 Å². The minimum atomic E-state index is -2.93. The van der Waals surface area contributed by atoms with Gasteiger partial charge in [0.1, 0.15) is 0 Å². The Balaban J connectivity index is 1.90. The van der Waals surface area contributed by atoms with Crippen molar-refractivity contribution in [1.29, 1.82) is 0 Å². The van der Waals surface area contributed by atoms with E-state index in [2.05, 4.69) is 9.89 Å². The number of hydrogen-bond donors (Lipinski definition) is 1. The van der Waals surface area contributed by atoms with Gasteiger partial charge in [-0.3, -0.25) is 4.99 Å². The Morgan fingerprint density at radius 1 is 1.28 bits per heavy atom. The van der Waals surface area contributed by atoms with Crippen LogP contribution in [0.5, 0.6) is 0 Å². The number of aliphatic imine (C=N–C) groups is 1. The van der Waals surface area contributed by atoms with Gasteiger partial charge in [-0.05, 0) is 25.7 Å². The maximum atomic E-state index is 12.0. The van der Waals surface area contributed by atoms with Crippen molar-refractivity contribution >= 4 is 15.8 Å². The molecule has 2 heterocycles. The number of nitrogens with two attached hydrogens (primary N) is 1. The van der Waals surface area contributed by atoms with E-state index in [0.717, 1.165) is 25.7 Å². The summed E-state index contributed by atoms with van der Waals surface area (Å²) < 4.78 is 23.9. The molecule has 2 aliphatic heterocycles. The third kappa shape index (κ3) is 1.90. The van der Waals surface area contributed by atoms with Gasteiger partial charge in [0.15, 0.2) is 15.8 Å². The highest BCUT2D eigenvalue weighted by atomic mass is 32.2. The van der Waals surface area contributed by atoms with E-state index in [9.17, 15) is 8.42 Å². The van der Waals surface area contributed by atoms with Crippen LogP contribution >= 0.6 is 0 Å². The second-order valence-corrected chi connectivity index (χ2v) is 8.09. The lowest BCUT2D eigenvalue weighted by atomic mass is 9.92. The van der Waals surface area contributed by atoms with Gasteiger partial charge in [0.05, 0.1) is 23.6 Å². The topological polar surface area (TPSA) is 75.8 Å². The molecule has 1 saturated carbocycles. The molecule has 1 unspecified atom stereocenters. The summed E-state index contributed by atoms with van der Waals surface area (Å²) in [6.45, 7) is 0.564. The first-order valence-corrected chi connectivity index (χ1v) is 8.64. The summed E-state index contributed by atoms with van der Waals surface area (Å²) in [6.07, 6.45) is 6.34. The molecule has 1 atom stereocenters. The predicted octanol–water partition coefficient (Wildman–Crippen LogP) is 0.507. The highest BCUT2D eigenvalue weighted by Gasteiger charge is 2.50. The SMILES string of the molecule is NC1=NCC2(CCCS(=O)(=O)C2)N1C1CCCC1. The molecule has 2 N–H and O–H groups in total. The standard InChI is InChI=1S/C12H21N3O2S/c13-11-14-8-12(6-3-7-18(16,17)9-12)15(11)10-4-1-2-5-10/h10H,1-9H2,(H2,13,14). The fourth-order valence-corrected chi connectivity index (χ4v) is 5.77. The van der Waals surface area contributed by atoms with Gasteiger partial charge in [-0.1, -0.05) is 12.8 Å². The molecule has 1 spiro atoms. The lowest BCUT2D eigenvalue weighted by molar-refractivity contribution is 0.153. The van der Waals surface area contributed by atoms with Crippen LogP contribution in [0.15, 0.2) is 4.99 Å². The average molecular weight is 271 g/mol. The minimum Gasteiger partial charge on any atom is -0.370 e. The number of sulfone groups is 1. The van der Waals surface area contributed by atoms with E-state index in [1.54, 1.807) is 0 Å². The highest BCUT2D eigenvalue weighted by molar-refractivity contribution is 7.91. The molecule has 0 aromatic carbocycles. The normalized spacial score (nSPS) is 36.2. The first-order valence-electron chi connectivity index (χ1n) is 6.82. The Kier molecular flexibility index (Phi) is 2.80. The number of rotatable bonds is 1. The van der Waals surface area contributed by atoms with Crippen molar-refractivity contribution in [3.05, 3.63) is 0 Å². The third-order valence-corrected chi connectivity index (χ3v) is 6.46. The number of hydrogen-bond acceptors (Lipinski definition) is 5. The minimum absolute atomic E-state index is 0.237. The van der Waals surface area contributed by atoms with E-state index in [1.807, 2.05) is 0 Å². The van der Waals surface area contributed by atoms with Crippen molar-refractivity contribution in [3.63, 3.8) is 0 Å². The Morgan fingerprint density at radius 2 is 2.00 bits per heavy atom. The largest absolute Gasteiger partial charge is 0.370 e. The van der Waals surface area contributed by atoms with Gasteiger partial charge >= 0.3 is 0 Å². The lowest BCUT2D eigenvalue weighted by Gasteiger charge is -2.44. The second-order valence-electron chi connectivity index (χ2n) is 5.90. The number of guanidine groups is 1. The highest BCUT2D eigenvalue weighted by Crippen LogP contribution is 2.38. The molecular formula is C12H21N3O2S. The Labute approximate surface area is 108 Å². The van der Waals surface area contributed by atoms with Crippen LogP contribution in [-0.4, -0.2) is 48.9 Å². The molecule has 0 radical (unpaired) electrons. The van der Waals surface area contributed by atoms with Gasteiger partial charge in [0.25, 0.3) is 0 Å². The van der Waals surface area contributed by atoms with Crippen molar-refractivity contribution < 1.29 is 8.42 Å². The molecule has 1 aliphatic carbocycles. The zero-order chi connectivity index (χ0) is 12.8. The summed E-state index contributed by atoms with van der Waals surface area (Å²) in [4.78, 5) is 6.52. The Morgan fingerprint density at radius 3 is 2.67 bits per heavy atom. The molecule has 3 rings (SSSR count). The van der Waals surface area contributed by atoms with E-state index >= 15 is 0 Å². The van der Waals surface area contributed by atoms with E-state index in [-0.39, 0.29) is 11.3 Å². The van der Waals surface area contributed by atoms with Crippen molar-refractivity contribution in [2.75, 3.05) is 18.1 Å². The van der Waals surface area contributed by atoms with E-state index in [1.165, 1.54) is 12.8 Å². The summed E-state index contributed by atoms with van der Waals surface area (Å²) >= 11 is 0. The van der Waals surface area contributed by atoms with Crippen molar-refractivity contribution in [2.45, 2.75) is 50.1 Å². The van der Waals surface area contributed by atoms with Crippen LogP contribution in [0.1, 0.15) is 38.5 Å². The van der Waals surface area contributed by atoms with Crippen molar-refractivity contribution in [3.8, 4) is 0 Å². The molecule has 1 saturated heterocycles. The molecule has 0 bridgehead atoms. The van der Waals surface area contributed by atoms with Crippen LogP contribution in [0.3, 0.4) is 0 Å². The molecule has 2 fully saturated rings. The second kappa shape index (κ2) is 4.11. The first-order chi connectivity index (χ1) is 8.53. The quantitative estimate of drug-likeness (QED) is 0.754. The maximum Gasteiger partial charge on any atom is 0.192 e. The smallest absolute Gasteiger partial charge is 0.192 e. The molecule has 5 nitrogen and oxygen atoms in total. The zero-order valence-corrected chi connectivity index (χ0v) is 11.5. The average Bonchev–Trinajstić information content (AvgIpc) is 2.86. The van der Waals surface area contributed by atoms with E-state index in [4.69, 9.17) is 5.73 Å². The summed E-state index contributed by atoms with van der Waals surface area (Å²) in [5.74, 6) is 1.13. The predicted molar refractivity (Wildman–Crippen MR) is 71.2 cm³/mol. The summed E-state index contributed by atoms with van der Waals surface area (Å²) in [5, 5.41) is 0. The summed E-state index contributed by atoms with van der Waals surface area (Å²) in [5.41, 5.74) is 5.71. The summed E-state index contributed by atoms with van der Waals surface area (Å²) in [7, 11) is -2.93. The maximum absolute atomic E-state index is 12.0. The van der Waals surface area contributed by atoms with Crippen LogP contribution in [0.4, 0.5) is 0 Å². The molecule has 0 aromatic rings. The van der Waals surface area contributed by atoms with Crippen LogP contribution in [0.25, 0.3) is 0 Å². The molecule has 18 heavy (non-hydrogen) atoms. The molecule has 102 valence electrons. The van der Waals surface area contributed by atoms with Gasteiger partial charge in [0.2, 0.25) is 0 Å². The van der Waals surface area contributed by atoms with Gasteiger partial charge in [-0.15, -0.1) is 0 Å². The fourth-order valence-electron chi connectivity index (χ4n) is 3.85. The fraction of sp³-hybridized carbons (Fsp3) is 0.917. The van der Waals surface area contributed by atoms with Crippen LogP contribution in [0, 0.1) is 0 Å². The van der Waals surface area contributed by atoms with Gasteiger partial charge in [-0.2, -0.15) is 0 Å².